The lowest BCUT2D eigenvalue weighted by Gasteiger charge is -2.34. The van der Waals surface area contributed by atoms with Gasteiger partial charge in [-0.25, -0.2) is 0 Å². The SMILES string of the molecule is CCCCCOc1ccccc1C(=O)N1CCNC(=O)[C@H]1CC(=O)OCCC. The molecule has 7 heteroatoms. The summed E-state index contributed by atoms with van der Waals surface area (Å²) in [5.74, 6) is -0.628. The largest absolute Gasteiger partial charge is 0.493 e. The van der Waals surface area contributed by atoms with Gasteiger partial charge in [0, 0.05) is 13.1 Å². The van der Waals surface area contributed by atoms with E-state index in [-0.39, 0.29) is 18.2 Å². The smallest absolute Gasteiger partial charge is 0.308 e. The van der Waals surface area contributed by atoms with Gasteiger partial charge < -0.3 is 19.7 Å². The molecule has 7 nitrogen and oxygen atoms in total. The summed E-state index contributed by atoms with van der Waals surface area (Å²) in [6.07, 6.45) is 3.61. The predicted octanol–water partition coefficient (Wildman–Crippen LogP) is 2.54. The van der Waals surface area contributed by atoms with E-state index in [0.717, 1.165) is 19.3 Å². The van der Waals surface area contributed by atoms with Crippen LogP contribution in [0.1, 0.15) is 56.3 Å². The van der Waals surface area contributed by atoms with Gasteiger partial charge >= 0.3 is 5.97 Å². The number of carbonyl (C=O) groups excluding carboxylic acids is 3. The predicted molar refractivity (Wildman–Crippen MR) is 105 cm³/mol. The van der Waals surface area contributed by atoms with E-state index in [9.17, 15) is 14.4 Å². The average Bonchev–Trinajstić information content (AvgIpc) is 2.71. The van der Waals surface area contributed by atoms with Crippen molar-refractivity contribution in [2.45, 2.75) is 52.0 Å². The van der Waals surface area contributed by atoms with Crippen LogP contribution in [0.2, 0.25) is 0 Å². The van der Waals surface area contributed by atoms with Crippen molar-refractivity contribution in [1.29, 1.82) is 0 Å². The Balaban J connectivity index is 2.13. The summed E-state index contributed by atoms with van der Waals surface area (Å²) in [4.78, 5) is 39.0. The molecule has 0 unspecified atom stereocenters. The molecule has 1 aromatic carbocycles. The van der Waals surface area contributed by atoms with Crippen molar-refractivity contribution < 1.29 is 23.9 Å². The number of nitrogens with zero attached hydrogens (tertiary/aromatic N) is 1. The third kappa shape index (κ3) is 5.97. The Morgan fingerprint density at radius 3 is 2.68 bits per heavy atom. The maximum absolute atomic E-state index is 13.2. The fourth-order valence-electron chi connectivity index (χ4n) is 3.05. The normalized spacial score (nSPS) is 16.4. The molecule has 28 heavy (non-hydrogen) atoms. The molecule has 1 aliphatic rings. The summed E-state index contributed by atoms with van der Waals surface area (Å²) >= 11 is 0. The Morgan fingerprint density at radius 1 is 1.14 bits per heavy atom. The summed E-state index contributed by atoms with van der Waals surface area (Å²) < 4.78 is 10.9. The molecule has 1 aromatic rings. The third-order valence-electron chi connectivity index (χ3n) is 4.54. The fraction of sp³-hybridized carbons (Fsp3) is 0.571. The highest BCUT2D eigenvalue weighted by molar-refractivity contribution is 6.01. The lowest BCUT2D eigenvalue weighted by Crippen LogP contribution is -2.57. The van der Waals surface area contributed by atoms with E-state index in [0.29, 0.717) is 44.0 Å². The van der Waals surface area contributed by atoms with Crippen LogP contribution in [-0.4, -0.2) is 55.0 Å². The van der Waals surface area contributed by atoms with Gasteiger partial charge in [-0.3, -0.25) is 14.4 Å². The summed E-state index contributed by atoms with van der Waals surface area (Å²) in [6.45, 7) is 5.53. The first-order chi connectivity index (χ1) is 13.6. The number of hydrogen-bond donors (Lipinski definition) is 1. The van der Waals surface area contributed by atoms with E-state index in [4.69, 9.17) is 9.47 Å². The van der Waals surface area contributed by atoms with Gasteiger partial charge in [-0.15, -0.1) is 0 Å². The Bertz CT molecular complexity index is 677. The second-order valence-corrected chi connectivity index (χ2v) is 6.78. The molecule has 0 bridgehead atoms. The van der Waals surface area contributed by atoms with Crippen LogP contribution in [0.4, 0.5) is 0 Å². The molecule has 1 saturated heterocycles. The van der Waals surface area contributed by atoms with Gasteiger partial charge in [0.05, 0.1) is 25.2 Å². The Morgan fingerprint density at radius 2 is 1.93 bits per heavy atom. The van der Waals surface area contributed by atoms with Crippen LogP contribution in [0.5, 0.6) is 5.75 Å². The molecule has 0 aromatic heterocycles. The second kappa shape index (κ2) is 11.3. The van der Waals surface area contributed by atoms with Crippen molar-refractivity contribution >= 4 is 17.8 Å². The molecule has 1 aliphatic heterocycles. The van der Waals surface area contributed by atoms with Crippen LogP contribution < -0.4 is 10.1 Å². The summed E-state index contributed by atoms with van der Waals surface area (Å²) in [6, 6.07) is 6.15. The molecule has 1 atom stereocenters. The lowest BCUT2D eigenvalue weighted by molar-refractivity contribution is -0.147. The third-order valence-corrected chi connectivity index (χ3v) is 4.54. The van der Waals surface area contributed by atoms with Crippen LogP contribution in [0, 0.1) is 0 Å². The summed E-state index contributed by atoms with van der Waals surface area (Å²) in [5.41, 5.74) is 0.403. The Kier molecular flexibility index (Phi) is 8.78. The number of unbranched alkanes of at least 4 members (excludes halogenated alkanes) is 2. The van der Waals surface area contributed by atoms with E-state index in [1.807, 2.05) is 13.0 Å². The molecule has 1 fully saturated rings. The van der Waals surface area contributed by atoms with Crippen molar-refractivity contribution in [2.24, 2.45) is 0 Å². The molecule has 154 valence electrons. The van der Waals surface area contributed by atoms with Crippen LogP contribution in [0.3, 0.4) is 0 Å². The summed E-state index contributed by atoms with van der Waals surface area (Å²) in [7, 11) is 0. The first-order valence-corrected chi connectivity index (χ1v) is 10.0. The van der Waals surface area contributed by atoms with Crippen LogP contribution in [0.15, 0.2) is 24.3 Å². The number of hydrogen-bond acceptors (Lipinski definition) is 5. The topological polar surface area (TPSA) is 84.9 Å². The Labute approximate surface area is 166 Å². The minimum atomic E-state index is -0.876. The molecule has 2 amide bonds. The highest BCUT2D eigenvalue weighted by Crippen LogP contribution is 2.23. The monoisotopic (exact) mass is 390 g/mol. The standard InChI is InChI=1S/C21H30N2O5/c1-3-5-8-14-27-18-10-7-6-9-16(18)21(26)23-12-11-22-20(25)17(23)15-19(24)28-13-4-2/h6-7,9-10,17H,3-5,8,11-15H2,1-2H3,(H,22,25)/t17-/m1/s1. The highest BCUT2D eigenvalue weighted by atomic mass is 16.5. The first kappa shape index (κ1) is 21.7. The molecule has 2 rings (SSSR count). The van der Waals surface area contributed by atoms with Gasteiger partial charge in [0.25, 0.3) is 5.91 Å². The van der Waals surface area contributed by atoms with Crippen molar-refractivity contribution in [3.63, 3.8) is 0 Å². The zero-order valence-corrected chi connectivity index (χ0v) is 16.7. The van der Waals surface area contributed by atoms with Crippen molar-refractivity contribution in [3.8, 4) is 5.75 Å². The minimum absolute atomic E-state index is 0.156. The molecular weight excluding hydrogens is 360 g/mol. The maximum atomic E-state index is 13.2. The van der Waals surface area contributed by atoms with Crippen LogP contribution >= 0.6 is 0 Å². The number of ether oxygens (including phenoxy) is 2. The number of carbonyl (C=O) groups is 3. The molecule has 1 N–H and O–H groups in total. The van der Waals surface area contributed by atoms with Gasteiger partial charge in [-0.2, -0.15) is 0 Å². The lowest BCUT2D eigenvalue weighted by atomic mass is 10.1. The molecule has 0 saturated carbocycles. The average molecular weight is 390 g/mol. The van der Waals surface area contributed by atoms with E-state index in [2.05, 4.69) is 12.2 Å². The van der Waals surface area contributed by atoms with Crippen molar-refractivity contribution in [3.05, 3.63) is 29.8 Å². The number of para-hydroxylation sites is 1. The van der Waals surface area contributed by atoms with Crippen LogP contribution in [0.25, 0.3) is 0 Å². The first-order valence-electron chi connectivity index (χ1n) is 10.0. The van der Waals surface area contributed by atoms with Crippen molar-refractivity contribution in [2.75, 3.05) is 26.3 Å². The molecule has 1 heterocycles. The van der Waals surface area contributed by atoms with Crippen LogP contribution in [-0.2, 0) is 14.3 Å². The molecular formula is C21H30N2O5. The van der Waals surface area contributed by atoms with Gasteiger partial charge in [-0.05, 0) is 25.0 Å². The number of amides is 2. The van der Waals surface area contributed by atoms with E-state index < -0.39 is 12.0 Å². The fourth-order valence-corrected chi connectivity index (χ4v) is 3.05. The van der Waals surface area contributed by atoms with Gasteiger partial charge in [-0.1, -0.05) is 38.8 Å². The van der Waals surface area contributed by atoms with E-state index in [1.165, 1.54) is 4.90 Å². The Hall–Kier alpha value is -2.57. The van der Waals surface area contributed by atoms with Gasteiger partial charge in [0.2, 0.25) is 5.91 Å². The number of rotatable bonds is 10. The molecule has 0 radical (unpaired) electrons. The van der Waals surface area contributed by atoms with E-state index >= 15 is 0 Å². The number of piperazine rings is 1. The number of esters is 1. The number of nitrogens with one attached hydrogen (secondary N) is 1. The zero-order chi connectivity index (χ0) is 20.4. The second-order valence-electron chi connectivity index (χ2n) is 6.78. The quantitative estimate of drug-likeness (QED) is 0.490. The minimum Gasteiger partial charge on any atom is -0.493 e. The van der Waals surface area contributed by atoms with E-state index in [1.54, 1.807) is 18.2 Å². The molecule has 0 spiro atoms. The van der Waals surface area contributed by atoms with Gasteiger partial charge in [0.1, 0.15) is 11.8 Å². The summed E-state index contributed by atoms with van der Waals surface area (Å²) in [5, 5.41) is 2.72. The number of benzene rings is 1. The van der Waals surface area contributed by atoms with Gasteiger partial charge in [0.15, 0.2) is 0 Å². The zero-order valence-electron chi connectivity index (χ0n) is 16.7. The maximum Gasteiger partial charge on any atom is 0.308 e. The highest BCUT2D eigenvalue weighted by Gasteiger charge is 2.36. The molecule has 0 aliphatic carbocycles. The van der Waals surface area contributed by atoms with Crippen molar-refractivity contribution in [1.82, 2.24) is 10.2 Å².